The maximum absolute atomic E-state index is 14.7. The number of aliphatic hydroxyl groups is 1. The predicted octanol–water partition coefficient (Wildman–Crippen LogP) is 4.01. The van der Waals surface area contributed by atoms with Crippen molar-refractivity contribution in [1.82, 2.24) is 9.80 Å². The number of cyclic esters (lactones) is 1. The third-order valence-corrected chi connectivity index (χ3v) is 9.09. The molecule has 4 rings (SSSR count). The fraction of sp³-hybridized carbons (Fsp3) is 0.774. The highest BCUT2D eigenvalue weighted by Crippen LogP contribution is 2.59. The molecule has 4 aliphatic rings. The molecule has 6 atom stereocenters. The van der Waals surface area contributed by atoms with E-state index in [4.69, 9.17) is 9.47 Å². The van der Waals surface area contributed by atoms with E-state index in [1.54, 1.807) is 0 Å². The summed E-state index contributed by atoms with van der Waals surface area (Å²) in [4.78, 5) is 46.3. The lowest BCUT2D eigenvalue weighted by molar-refractivity contribution is -0.164. The number of allylic oxidation sites excluding steroid dienone is 1. The van der Waals surface area contributed by atoms with Crippen molar-refractivity contribution in [3.63, 3.8) is 0 Å². The predicted molar refractivity (Wildman–Crippen MR) is 149 cm³/mol. The third-order valence-electron chi connectivity index (χ3n) is 9.09. The van der Waals surface area contributed by atoms with Gasteiger partial charge >= 0.3 is 5.97 Å². The zero-order chi connectivity index (χ0) is 28.8. The summed E-state index contributed by atoms with van der Waals surface area (Å²) in [7, 11) is 0. The molecule has 0 aromatic heterocycles. The molecule has 0 aliphatic carbocycles. The van der Waals surface area contributed by atoms with Crippen LogP contribution in [-0.2, 0) is 23.9 Å². The Morgan fingerprint density at radius 3 is 2.36 bits per heavy atom. The number of fused-ring (bicyclic) bond motifs is 2. The van der Waals surface area contributed by atoms with Gasteiger partial charge in [-0.3, -0.25) is 14.4 Å². The lowest BCUT2D eigenvalue weighted by atomic mass is 9.73. The minimum absolute atomic E-state index is 0.0323. The van der Waals surface area contributed by atoms with Crippen molar-refractivity contribution in [2.45, 2.75) is 116 Å². The Labute approximate surface area is 233 Å². The van der Waals surface area contributed by atoms with Crippen molar-refractivity contribution in [2.75, 3.05) is 19.8 Å². The number of hydrogen-bond donors (Lipinski definition) is 1. The minimum Gasteiger partial charge on any atom is -0.465 e. The number of ether oxygens (including phenoxy) is 2. The lowest BCUT2D eigenvalue weighted by Gasteiger charge is -2.46. The first-order valence-corrected chi connectivity index (χ1v) is 14.8. The molecule has 4 heterocycles. The highest BCUT2D eigenvalue weighted by Gasteiger charge is 2.76. The normalized spacial score (nSPS) is 35.2. The Balaban J connectivity index is 1.91. The van der Waals surface area contributed by atoms with Gasteiger partial charge in [0.2, 0.25) is 11.8 Å². The summed E-state index contributed by atoms with van der Waals surface area (Å²) in [6, 6.07) is -1.56. The van der Waals surface area contributed by atoms with Gasteiger partial charge in [0.05, 0.1) is 25.2 Å². The molecule has 1 unspecified atom stereocenters. The van der Waals surface area contributed by atoms with Crippen molar-refractivity contribution >= 4 is 17.8 Å². The Kier molecular flexibility index (Phi) is 8.14. The van der Waals surface area contributed by atoms with Crippen LogP contribution in [0.3, 0.4) is 0 Å². The Morgan fingerprint density at radius 2 is 1.74 bits per heavy atom. The molecule has 0 saturated carbocycles. The second-order valence-electron chi connectivity index (χ2n) is 13.6. The molecule has 218 valence electrons. The smallest absolute Gasteiger partial charge is 0.313 e. The molecule has 2 fully saturated rings. The molecule has 2 amide bonds. The maximum Gasteiger partial charge on any atom is 0.313 e. The lowest BCUT2D eigenvalue weighted by Crippen LogP contribution is -2.62. The van der Waals surface area contributed by atoms with Crippen LogP contribution in [0.2, 0.25) is 0 Å². The number of nitrogens with zero attached hydrogens (tertiary/aromatic N) is 2. The van der Waals surface area contributed by atoms with Crippen molar-refractivity contribution in [3.8, 4) is 0 Å². The van der Waals surface area contributed by atoms with Crippen molar-refractivity contribution in [3.05, 3.63) is 24.3 Å². The van der Waals surface area contributed by atoms with Crippen LogP contribution in [0, 0.1) is 17.3 Å². The standard InChI is InChI=1S/C31H48N2O6/c1-8-21(19-34)33-24-26(36)32(29(6,7)20-28(3,4)5)17-14-16-31(24)22(25(33)35)23-27(37)38-18-13-11-10-12-15-30(23,9-2)39-31/h12,14-16,21-24,34H,8-11,13,17-20H2,1-7H3/b15-12-/t21-,22-,23-,24?,30+,31-/m0/s1. The van der Waals surface area contributed by atoms with Gasteiger partial charge in [0.15, 0.2) is 0 Å². The molecule has 1 spiro atoms. The van der Waals surface area contributed by atoms with Gasteiger partial charge in [-0.05, 0) is 57.8 Å². The summed E-state index contributed by atoms with van der Waals surface area (Å²) < 4.78 is 12.7. The summed E-state index contributed by atoms with van der Waals surface area (Å²) in [5.74, 6) is -2.79. The summed E-state index contributed by atoms with van der Waals surface area (Å²) in [6.45, 7) is 14.8. The van der Waals surface area contributed by atoms with Crippen molar-refractivity contribution in [1.29, 1.82) is 0 Å². The third kappa shape index (κ3) is 4.96. The van der Waals surface area contributed by atoms with Crippen LogP contribution in [0.5, 0.6) is 0 Å². The first-order chi connectivity index (χ1) is 18.3. The zero-order valence-corrected chi connectivity index (χ0v) is 24.9. The molecule has 0 aromatic rings. The number of carbonyl (C=O) groups excluding carboxylic acids is 3. The monoisotopic (exact) mass is 544 g/mol. The molecule has 0 bridgehead atoms. The minimum atomic E-state index is -1.35. The summed E-state index contributed by atoms with van der Waals surface area (Å²) in [6.07, 6.45) is 11.9. The Hall–Kier alpha value is -2.19. The van der Waals surface area contributed by atoms with Crippen LogP contribution in [0.4, 0.5) is 0 Å². The second kappa shape index (κ2) is 10.7. The number of esters is 1. The van der Waals surface area contributed by atoms with Crippen LogP contribution >= 0.6 is 0 Å². The van der Waals surface area contributed by atoms with E-state index < -0.39 is 46.6 Å². The summed E-state index contributed by atoms with van der Waals surface area (Å²) >= 11 is 0. The number of amides is 2. The molecule has 0 radical (unpaired) electrons. The summed E-state index contributed by atoms with van der Waals surface area (Å²) in [5.41, 5.74) is -2.95. The topological polar surface area (TPSA) is 96.4 Å². The fourth-order valence-corrected chi connectivity index (χ4v) is 7.72. The number of hydrogen-bond acceptors (Lipinski definition) is 6. The van der Waals surface area contributed by atoms with E-state index in [2.05, 4.69) is 34.6 Å². The largest absolute Gasteiger partial charge is 0.465 e. The first-order valence-electron chi connectivity index (χ1n) is 14.8. The average molecular weight is 545 g/mol. The molecule has 8 nitrogen and oxygen atoms in total. The van der Waals surface area contributed by atoms with Crippen molar-refractivity contribution in [2.24, 2.45) is 17.3 Å². The molecule has 2 saturated heterocycles. The molecule has 4 aliphatic heterocycles. The van der Waals surface area contributed by atoms with Crippen LogP contribution in [-0.4, -0.2) is 81.3 Å². The molecular formula is C31H48N2O6. The summed E-state index contributed by atoms with van der Waals surface area (Å²) in [5, 5.41) is 10.3. The van der Waals surface area contributed by atoms with E-state index in [0.717, 1.165) is 25.7 Å². The highest BCUT2D eigenvalue weighted by atomic mass is 16.6. The fourth-order valence-electron chi connectivity index (χ4n) is 7.72. The molecule has 8 heteroatoms. The molecular weight excluding hydrogens is 496 g/mol. The molecule has 39 heavy (non-hydrogen) atoms. The van der Waals surface area contributed by atoms with Gasteiger partial charge < -0.3 is 24.4 Å². The highest BCUT2D eigenvalue weighted by molar-refractivity contribution is 5.99. The van der Waals surface area contributed by atoms with E-state index in [0.29, 0.717) is 26.0 Å². The quantitative estimate of drug-likeness (QED) is 0.401. The van der Waals surface area contributed by atoms with E-state index in [-0.39, 0.29) is 23.8 Å². The molecule has 1 N–H and O–H groups in total. The number of aliphatic hydroxyl groups excluding tert-OH is 1. The zero-order valence-electron chi connectivity index (χ0n) is 24.9. The van der Waals surface area contributed by atoms with E-state index in [1.165, 1.54) is 4.90 Å². The second-order valence-corrected chi connectivity index (χ2v) is 13.6. The van der Waals surface area contributed by atoms with Crippen LogP contribution in [0.15, 0.2) is 24.3 Å². The SMILES string of the molecule is CC[C@@H](CO)N1C(=O)[C@@H]2[C@H]3C(=O)OCCCC/C=C\[C@@]3(CC)O[C@@]23C=CCN(C(C)(C)CC(C)(C)C)C(=O)C13. The van der Waals surface area contributed by atoms with Gasteiger partial charge in [-0.1, -0.05) is 58.9 Å². The number of rotatable bonds is 6. The Morgan fingerprint density at radius 1 is 1.03 bits per heavy atom. The molecule has 0 aromatic carbocycles. The van der Waals surface area contributed by atoms with Gasteiger partial charge in [-0.25, -0.2) is 0 Å². The average Bonchev–Trinajstić information content (AvgIpc) is 3.20. The van der Waals surface area contributed by atoms with Crippen LogP contribution < -0.4 is 0 Å². The Bertz CT molecular complexity index is 1020. The van der Waals surface area contributed by atoms with Gasteiger partial charge in [0.25, 0.3) is 0 Å². The number of likely N-dealkylation sites (tertiary alicyclic amines) is 1. The maximum atomic E-state index is 14.7. The van der Waals surface area contributed by atoms with Gasteiger partial charge in [0.1, 0.15) is 23.2 Å². The van der Waals surface area contributed by atoms with Gasteiger partial charge in [0, 0.05) is 12.1 Å². The van der Waals surface area contributed by atoms with E-state index >= 15 is 0 Å². The van der Waals surface area contributed by atoms with E-state index in [1.807, 2.05) is 43.1 Å². The number of carbonyl (C=O) groups is 3. The van der Waals surface area contributed by atoms with Crippen LogP contribution in [0.1, 0.15) is 87.0 Å². The first kappa shape index (κ1) is 29.8. The van der Waals surface area contributed by atoms with E-state index in [9.17, 15) is 19.5 Å². The van der Waals surface area contributed by atoms with Gasteiger partial charge in [-0.15, -0.1) is 0 Å². The van der Waals surface area contributed by atoms with Gasteiger partial charge in [-0.2, -0.15) is 0 Å². The van der Waals surface area contributed by atoms with Crippen LogP contribution in [0.25, 0.3) is 0 Å². The van der Waals surface area contributed by atoms with Crippen molar-refractivity contribution < 1.29 is 29.0 Å².